The number of methoxy groups -OCH3 is 1. The van der Waals surface area contributed by atoms with Crippen molar-refractivity contribution in [3.8, 4) is 22.6 Å². The summed E-state index contributed by atoms with van der Waals surface area (Å²) in [6.45, 7) is 1.25. The molecule has 42 heavy (non-hydrogen) atoms. The fourth-order valence-corrected chi connectivity index (χ4v) is 5.12. The Labute approximate surface area is 245 Å². The summed E-state index contributed by atoms with van der Waals surface area (Å²) >= 11 is 0. The maximum Gasteiger partial charge on any atom is 0.254 e. The molecule has 0 aliphatic carbocycles. The van der Waals surface area contributed by atoms with E-state index in [1.54, 1.807) is 48.5 Å². The number of benzene rings is 3. The van der Waals surface area contributed by atoms with E-state index in [4.69, 9.17) is 9.47 Å². The second kappa shape index (κ2) is 13.8. The minimum Gasteiger partial charge on any atom is -0.493 e. The normalized spacial score (nSPS) is 14.9. The number of carbonyl (C=O) groups excluding carboxylic acids is 2. The van der Waals surface area contributed by atoms with Crippen LogP contribution < -0.4 is 14.8 Å². The van der Waals surface area contributed by atoms with Crippen molar-refractivity contribution in [3.05, 3.63) is 114 Å². The molecule has 1 aromatic heterocycles. The molecule has 1 atom stereocenters. The van der Waals surface area contributed by atoms with Gasteiger partial charge in [-0.15, -0.1) is 0 Å². The highest BCUT2D eigenvalue weighted by Gasteiger charge is 2.31. The molecule has 1 saturated heterocycles. The Morgan fingerprint density at radius 2 is 1.83 bits per heavy atom. The summed E-state index contributed by atoms with van der Waals surface area (Å²) in [6, 6.07) is 24.1. The number of pyridine rings is 1. The van der Waals surface area contributed by atoms with Gasteiger partial charge in [0.25, 0.3) is 5.91 Å². The molecule has 0 unspecified atom stereocenters. The zero-order valence-corrected chi connectivity index (χ0v) is 23.6. The predicted octanol–water partition coefficient (Wildman–Crippen LogP) is 5.83. The Balaban J connectivity index is 1.36. The van der Waals surface area contributed by atoms with Gasteiger partial charge < -0.3 is 19.7 Å². The first-order valence-electron chi connectivity index (χ1n) is 14.2. The van der Waals surface area contributed by atoms with Gasteiger partial charge in [-0.05, 0) is 84.5 Å². The van der Waals surface area contributed by atoms with Crippen molar-refractivity contribution in [1.82, 2.24) is 15.2 Å². The number of rotatable bonds is 10. The van der Waals surface area contributed by atoms with Gasteiger partial charge in [0.2, 0.25) is 5.91 Å². The molecule has 0 saturated carbocycles. The Bertz CT molecular complexity index is 1510. The van der Waals surface area contributed by atoms with Crippen molar-refractivity contribution >= 4 is 11.8 Å². The molecule has 4 aromatic rings. The lowest BCUT2D eigenvalue weighted by atomic mass is 10.0. The van der Waals surface area contributed by atoms with Crippen molar-refractivity contribution in [1.29, 1.82) is 0 Å². The van der Waals surface area contributed by atoms with Crippen LogP contribution in [0.15, 0.2) is 91.1 Å². The zero-order chi connectivity index (χ0) is 29.3. The minimum atomic E-state index is -0.608. The van der Waals surface area contributed by atoms with Crippen LogP contribution in [0, 0.1) is 5.82 Å². The topological polar surface area (TPSA) is 80.8 Å². The maximum absolute atomic E-state index is 13.9. The van der Waals surface area contributed by atoms with E-state index in [0.717, 1.165) is 35.2 Å². The number of amides is 2. The van der Waals surface area contributed by atoms with Crippen LogP contribution in [-0.2, 0) is 17.8 Å². The highest BCUT2D eigenvalue weighted by Crippen LogP contribution is 2.30. The first-order chi connectivity index (χ1) is 20.5. The molecule has 1 N–H and O–H groups in total. The lowest BCUT2D eigenvalue weighted by molar-refractivity contribution is -0.125. The van der Waals surface area contributed by atoms with E-state index in [0.29, 0.717) is 43.1 Å². The lowest BCUT2D eigenvalue weighted by Gasteiger charge is -2.30. The van der Waals surface area contributed by atoms with Gasteiger partial charge in [-0.2, -0.15) is 0 Å². The largest absolute Gasteiger partial charge is 0.493 e. The summed E-state index contributed by atoms with van der Waals surface area (Å²) in [5.74, 6) is 0.412. The van der Waals surface area contributed by atoms with E-state index in [9.17, 15) is 14.0 Å². The van der Waals surface area contributed by atoms with Gasteiger partial charge in [-0.25, -0.2) is 4.39 Å². The van der Waals surface area contributed by atoms with Gasteiger partial charge in [0.1, 0.15) is 11.9 Å². The monoisotopic (exact) mass is 567 g/mol. The van der Waals surface area contributed by atoms with Crippen LogP contribution >= 0.6 is 0 Å². The minimum absolute atomic E-state index is 0.154. The average Bonchev–Trinajstić information content (AvgIpc) is 3.24. The zero-order valence-electron chi connectivity index (χ0n) is 23.6. The molecule has 2 heterocycles. The summed E-state index contributed by atoms with van der Waals surface area (Å²) in [6.07, 6.45) is 4.68. The Hall–Kier alpha value is -4.72. The third-order valence-corrected chi connectivity index (χ3v) is 7.36. The van der Waals surface area contributed by atoms with E-state index in [1.165, 1.54) is 12.1 Å². The SMILES string of the molecule is COc1cc(CN(C(=O)c2ccc(-c3cccc(F)c3)cc2)[C@H]2CCCCNC2=O)ccc1OCCc1ccccn1. The lowest BCUT2D eigenvalue weighted by Crippen LogP contribution is -2.48. The highest BCUT2D eigenvalue weighted by atomic mass is 19.1. The number of hydrogen-bond donors (Lipinski definition) is 1. The van der Waals surface area contributed by atoms with Crippen LogP contribution in [-0.4, -0.2) is 48.0 Å². The molecule has 1 aliphatic rings. The number of hydrogen-bond acceptors (Lipinski definition) is 5. The molecule has 7 nitrogen and oxygen atoms in total. The summed E-state index contributed by atoms with van der Waals surface area (Å²) in [5.41, 5.74) is 3.73. The number of nitrogens with zero attached hydrogens (tertiary/aromatic N) is 2. The third-order valence-electron chi connectivity index (χ3n) is 7.36. The molecule has 216 valence electrons. The van der Waals surface area contributed by atoms with E-state index >= 15 is 0 Å². The van der Waals surface area contributed by atoms with Crippen molar-refractivity contribution in [3.63, 3.8) is 0 Å². The molecule has 5 rings (SSSR count). The number of nitrogens with one attached hydrogen (secondary N) is 1. The Morgan fingerprint density at radius 3 is 2.60 bits per heavy atom. The first-order valence-corrected chi connectivity index (χ1v) is 14.2. The fourth-order valence-electron chi connectivity index (χ4n) is 5.12. The summed E-state index contributed by atoms with van der Waals surface area (Å²) in [5, 5.41) is 2.95. The standard InChI is InChI=1S/C34H34FN3O4/c1-41-32-21-24(11-16-31(32)42-20-17-29-9-2-4-18-36-29)23-38(30-10-3-5-19-37-33(30)39)34(40)26-14-12-25(13-15-26)27-7-6-8-28(35)22-27/h2,4,6-9,11-16,18,21-22,30H,3,5,10,17,19-20,23H2,1H3,(H,37,39)/t30-/m0/s1. The van der Waals surface area contributed by atoms with E-state index in [1.807, 2.05) is 42.5 Å². The molecular formula is C34H34FN3O4. The number of aromatic nitrogens is 1. The van der Waals surface area contributed by atoms with Crippen LogP contribution in [0.2, 0.25) is 0 Å². The molecule has 0 spiro atoms. The third kappa shape index (κ3) is 7.13. The van der Waals surface area contributed by atoms with Crippen LogP contribution in [0.1, 0.15) is 40.9 Å². The second-order valence-electron chi connectivity index (χ2n) is 10.2. The van der Waals surface area contributed by atoms with Crippen LogP contribution in [0.25, 0.3) is 11.1 Å². The molecule has 0 radical (unpaired) electrons. The van der Waals surface area contributed by atoms with E-state index in [-0.39, 0.29) is 24.2 Å². The second-order valence-corrected chi connectivity index (χ2v) is 10.2. The van der Waals surface area contributed by atoms with Gasteiger partial charge in [0, 0.05) is 37.0 Å². The summed E-state index contributed by atoms with van der Waals surface area (Å²) in [7, 11) is 1.58. The molecule has 1 fully saturated rings. The number of halogens is 1. The summed E-state index contributed by atoms with van der Waals surface area (Å²) < 4.78 is 25.3. The average molecular weight is 568 g/mol. The van der Waals surface area contributed by atoms with Crippen LogP contribution in [0.4, 0.5) is 4.39 Å². The maximum atomic E-state index is 13.9. The molecule has 1 aliphatic heterocycles. The van der Waals surface area contributed by atoms with E-state index < -0.39 is 6.04 Å². The first kappa shape index (κ1) is 28.8. The van der Waals surface area contributed by atoms with Crippen molar-refractivity contribution in [2.24, 2.45) is 0 Å². The molecule has 3 aromatic carbocycles. The van der Waals surface area contributed by atoms with Gasteiger partial charge in [0.05, 0.1) is 13.7 Å². The van der Waals surface area contributed by atoms with Crippen LogP contribution in [0.5, 0.6) is 11.5 Å². The Kier molecular flexibility index (Phi) is 9.44. The molecule has 2 amide bonds. The van der Waals surface area contributed by atoms with Gasteiger partial charge in [-0.1, -0.05) is 36.4 Å². The van der Waals surface area contributed by atoms with E-state index in [2.05, 4.69) is 10.3 Å². The van der Waals surface area contributed by atoms with Crippen molar-refractivity contribution in [2.75, 3.05) is 20.3 Å². The Morgan fingerprint density at radius 1 is 0.976 bits per heavy atom. The van der Waals surface area contributed by atoms with Crippen molar-refractivity contribution in [2.45, 2.75) is 38.3 Å². The quantitative estimate of drug-likeness (QED) is 0.261. The van der Waals surface area contributed by atoms with Crippen molar-refractivity contribution < 1.29 is 23.5 Å². The number of carbonyl (C=O) groups is 2. The highest BCUT2D eigenvalue weighted by molar-refractivity contribution is 5.98. The van der Waals surface area contributed by atoms with Gasteiger partial charge in [0.15, 0.2) is 11.5 Å². The molecular weight excluding hydrogens is 533 g/mol. The van der Waals surface area contributed by atoms with Gasteiger partial charge in [-0.3, -0.25) is 14.6 Å². The van der Waals surface area contributed by atoms with Gasteiger partial charge >= 0.3 is 0 Å². The summed E-state index contributed by atoms with van der Waals surface area (Å²) in [4.78, 5) is 33.0. The molecule has 8 heteroatoms. The smallest absolute Gasteiger partial charge is 0.254 e. The fraction of sp³-hybridized carbons (Fsp3) is 0.265. The number of ether oxygens (including phenoxy) is 2. The predicted molar refractivity (Wildman–Crippen MR) is 159 cm³/mol. The van der Waals surface area contributed by atoms with Crippen LogP contribution in [0.3, 0.4) is 0 Å². The molecule has 0 bridgehead atoms.